The number of carbonyl (C=O) groups is 1. The zero-order valence-electron chi connectivity index (χ0n) is 21.0. The third kappa shape index (κ3) is 8.41. The van der Waals surface area contributed by atoms with Gasteiger partial charge in [0.25, 0.3) is 0 Å². The van der Waals surface area contributed by atoms with Gasteiger partial charge in [0.15, 0.2) is 16.6 Å². The molecule has 2 amide bonds. The minimum Gasteiger partial charge on any atom is -0.334 e. The van der Waals surface area contributed by atoms with Gasteiger partial charge >= 0.3 is 6.03 Å². The lowest BCUT2D eigenvalue weighted by atomic mass is 10.2. The van der Waals surface area contributed by atoms with Gasteiger partial charge in [-0.1, -0.05) is 65.3 Å². The lowest BCUT2D eigenvalue weighted by molar-refractivity contribution is 0.251. The van der Waals surface area contributed by atoms with Crippen molar-refractivity contribution in [1.29, 1.82) is 0 Å². The van der Waals surface area contributed by atoms with Gasteiger partial charge in [0.05, 0.1) is 0 Å². The number of imidazole rings is 1. The molecule has 3 heterocycles. The number of thiazole rings is 1. The molecule has 0 unspecified atom stereocenters. The van der Waals surface area contributed by atoms with E-state index in [1.807, 2.05) is 62.6 Å². The lowest BCUT2D eigenvalue weighted by Gasteiger charge is -2.05. The second-order valence-electron chi connectivity index (χ2n) is 7.38. The molecular weight excluding hydrogens is 494 g/mol. The molecule has 0 aliphatic heterocycles. The summed E-state index contributed by atoms with van der Waals surface area (Å²) in [7, 11) is 0. The number of benzene rings is 1. The van der Waals surface area contributed by atoms with E-state index >= 15 is 0 Å². The van der Waals surface area contributed by atoms with Gasteiger partial charge in [0, 0.05) is 29.0 Å². The van der Waals surface area contributed by atoms with Crippen molar-refractivity contribution in [2.75, 3.05) is 5.32 Å². The predicted molar refractivity (Wildman–Crippen MR) is 149 cm³/mol. The maximum atomic E-state index is 12.1. The molecule has 4 rings (SSSR count). The van der Waals surface area contributed by atoms with Crippen molar-refractivity contribution in [2.45, 2.75) is 41.2 Å². The van der Waals surface area contributed by atoms with Gasteiger partial charge < -0.3 is 5.32 Å². The fraction of sp³-hybridized carbons (Fsp3) is 0.231. The Hall–Kier alpha value is -3.87. The highest BCUT2D eigenvalue weighted by atomic mass is 35.5. The van der Waals surface area contributed by atoms with Crippen LogP contribution in [0, 0.1) is 18.8 Å². The number of rotatable bonds is 4. The number of anilines is 1. The number of aromatic amines is 1. The summed E-state index contributed by atoms with van der Waals surface area (Å²) in [5, 5.41) is 14.0. The normalized spacial score (nSPS) is 10.5. The number of nitrogens with one attached hydrogen (secondary N) is 3. The summed E-state index contributed by atoms with van der Waals surface area (Å²) in [6, 6.07) is 9.43. The number of fused-ring (bicyclic) bond motifs is 1. The molecule has 4 aromatic rings. The van der Waals surface area contributed by atoms with Gasteiger partial charge in [-0.2, -0.15) is 5.10 Å². The Morgan fingerprint density at radius 3 is 2.56 bits per heavy atom. The number of hydrogen-bond donors (Lipinski definition) is 3. The van der Waals surface area contributed by atoms with Crippen LogP contribution in [0.3, 0.4) is 0 Å². The highest BCUT2D eigenvalue weighted by molar-refractivity contribution is 7.22. The van der Waals surface area contributed by atoms with E-state index in [1.54, 1.807) is 25.5 Å². The SMILES string of the molecule is C=CC.CC#C/C(C)=C(\C)Cl.Cc1cncn1-c1n[nH]c2nc(NC(=O)NCc3ccccc3)sc12. The standard InChI is InChI=1S/C16H15N7OS.C7H9Cl.C3H6/c1-10-7-17-9-23(10)14-12-13(21-22-14)19-16(25-12)20-15(24)18-8-11-5-3-2-4-6-11;1-4-5-6(2)7(3)8;1-3-2/h2-7,9H,8H2,1H3,(H3,18,19,20,21,22,24);1-3H3;3H,1H2,2H3/b;7-6+;. The first-order valence-electron chi connectivity index (χ1n) is 11.1. The van der Waals surface area contributed by atoms with E-state index in [2.05, 4.69) is 49.2 Å². The number of amides is 2. The summed E-state index contributed by atoms with van der Waals surface area (Å²) in [5.41, 5.74) is 3.59. The Morgan fingerprint density at radius 2 is 2.00 bits per heavy atom. The minimum absolute atomic E-state index is 0.298. The summed E-state index contributed by atoms with van der Waals surface area (Å²) in [6.45, 7) is 13.2. The van der Waals surface area contributed by atoms with Gasteiger partial charge in [-0.05, 0) is 40.2 Å². The van der Waals surface area contributed by atoms with E-state index in [-0.39, 0.29) is 6.03 Å². The molecule has 0 radical (unpaired) electrons. The van der Waals surface area contributed by atoms with Crippen molar-refractivity contribution in [3.05, 3.63) is 77.4 Å². The van der Waals surface area contributed by atoms with E-state index in [0.29, 0.717) is 17.3 Å². The first kappa shape index (κ1) is 28.4. The van der Waals surface area contributed by atoms with Crippen LogP contribution in [0.15, 0.2) is 66.1 Å². The van der Waals surface area contributed by atoms with Crippen LogP contribution in [-0.4, -0.2) is 30.8 Å². The van der Waals surface area contributed by atoms with E-state index in [0.717, 1.165) is 32.4 Å². The summed E-state index contributed by atoms with van der Waals surface area (Å²) in [5.74, 6) is 6.32. The molecular formula is C26H30ClN7OS. The molecule has 0 atom stereocenters. The van der Waals surface area contributed by atoms with E-state index in [9.17, 15) is 4.79 Å². The molecule has 0 aliphatic rings. The number of aromatic nitrogens is 5. The van der Waals surface area contributed by atoms with Crippen LogP contribution in [0.2, 0.25) is 0 Å². The molecule has 0 fully saturated rings. The molecule has 0 saturated heterocycles. The summed E-state index contributed by atoms with van der Waals surface area (Å²) in [6.07, 6.45) is 5.21. The van der Waals surface area contributed by atoms with Crippen LogP contribution in [0.4, 0.5) is 9.93 Å². The largest absolute Gasteiger partial charge is 0.334 e. The number of nitrogens with zero attached hydrogens (tertiary/aromatic N) is 4. The average molecular weight is 524 g/mol. The highest BCUT2D eigenvalue weighted by Gasteiger charge is 2.15. The summed E-state index contributed by atoms with van der Waals surface area (Å²) >= 11 is 6.95. The van der Waals surface area contributed by atoms with Gasteiger partial charge in [0.1, 0.15) is 11.0 Å². The van der Waals surface area contributed by atoms with Crippen molar-refractivity contribution in [2.24, 2.45) is 0 Å². The first-order valence-corrected chi connectivity index (χ1v) is 12.3. The van der Waals surface area contributed by atoms with Crippen molar-refractivity contribution >= 4 is 44.4 Å². The molecule has 188 valence electrons. The molecule has 8 nitrogen and oxygen atoms in total. The van der Waals surface area contributed by atoms with Gasteiger partial charge in [0.2, 0.25) is 0 Å². The predicted octanol–water partition coefficient (Wildman–Crippen LogP) is 6.57. The Kier molecular flexibility index (Phi) is 11.4. The monoisotopic (exact) mass is 523 g/mol. The topological polar surface area (TPSA) is 101 Å². The third-order valence-corrected chi connectivity index (χ3v) is 5.75. The van der Waals surface area contributed by atoms with Gasteiger partial charge in [-0.25, -0.2) is 14.8 Å². The quantitative estimate of drug-likeness (QED) is 0.208. The number of urea groups is 1. The molecule has 0 saturated carbocycles. The number of allylic oxidation sites excluding steroid dienone is 3. The van der Waals surface area contributed by atoms with Crippen molar-refractivity contribution in [3.8, 4) is 17.7 Å². The molecule has 3 aromatic heterocycles. The second kappa shape index (κ2) is 14.5. The molecule has 1 aromatic carbocycles. The summed E-state index contributed by atoms with van der Waals surface area (Å²) < 4.78 is 2.73. The Bertz CT molecular complexity index is 1370. The summed E-state index contributed by atoms with van der Waals surface area (Å²) in [4.78, 5) is 20.5. The lowest BCUT2D eigenvalue weighted by Crippen LogP contribution is -2.28. The number of halogens is 1. The Morgan fingerprint density at radius 1 is 1.31 bits per heavy atom. The van der Waals surface area contributed by atoms with Crippen molar-refractivity contribution < 1.29 is 4.79 Å². The number of hydrogen-bond acceptors (Lipinski definition) is 5. The number of carbonyl (C=O) groups excluding carboxylic acids is 1. The van der Waals surface area contributed by atoms with Crippen LogP contribution >= 0.6 is 22.9 Å². The fourth-order valence-electron chi connectivity index (χ4n) is 2.70. The molecule has 0 spiro atoms. The van der Waals surface area contributed by atoms with Gasteiger partial charge in [-0.15, -0.1) is 12.5 Å². The Balaban J connectivity index is 0.000000352. The minimum atomic E-state index is -0.298. The zero-order chi connectivity index (χ0) is 26.5. The van der Waals surface area contributed by atoms with Crippen LogP contribution < -0.4 is 10.6 Å². The van der Waals surface area contributed by atoms with Crippen LogP contribution in [0.5, 0.6) is 0 Å². The second-order valence-corrected chi connectivity index (χ2v) is 8.95. The van der Waals surface area contributed by atoms with Crippen LogP contribution in [-0.2, 0) is 6.54 Å². The maximum absolute atomic E-state index is 12.1. The average Bonchev–Trinajstić information content (AvgIpc) is 3.55. The zero-order valence-corrected chi connectivity index (χ0v) is 22.6. The number of H-pyrrole nitrogens is 1. The van der Waals surface area contributed by atoms with Crippen LogP contribution in [0.1, 0.15) is 39.0 Å². The smallest absolute Gasteiger partial charge is 0.321 e. The Labute approximate surface area is 220 Å². The van der Waals surface area contributed by atoms with Gasteiger partial charge in [-0.3, -0.25) is 15.0 Å². The molecule has 36 heavy (non-hydrogen) atoms. The molecule has 10 heteroatoms. The molecule has 0 bridgehead atoms. The third-order valence-electron chi connectivity index (χ3n) is 4.50. The molecule has 0 aliphatic carbocycles. The van der Waals surface area contributed by atoms with E-state index < -0.39 is 0 Å². The molecule has 3 N–H and O–H groups in total. The van der Waals surface area contributed by atoms with Crippen molar-refractivity contribution in [1.82, 2.24) is 30.0 Å². The fourth-order valence-corrected chi connectivity index (χ4v) is 3.64. The maximum Gasteiger partial charge on any atom is 0.321 e. The van der Waals surface area contributed by atoms with Crippen molar-refractivity contribution in [3.63, 3.8) is 0 Å². The van der Waals surface area contributed by atoms with E-state index in [4.69, 9.17) is 11.6 Å². The van der Waals surface area contributed by atoms with E-state index in [1.165, 1.54) is 11.3 Å². The highest BCUT2D eigenvalue weighted by Crippen LogP contribution is 2.29. The first-order chi connectivity index (χ1) is 17.3. The van der Waals surface area contributed by atoms with Crippen LogP contribution in [0.25, 0.3) is 16.2 Å². The number of aryl methyl sites for hydroxylation is 1.